The molecule has 104 valence electrons. The van der Waals surface area contributed by atoms with Crippen molar-refractivity contribution in [3.8, 4) is 5.75 Å². The molecule has 19 heavy (non-hydrogen) atoms. The number of nitrogens with one attached hydrogen (secondary N) is 2. The molecule has 0 heterocycles. The van der Waals surface area contributed by atoms with Crippen LogP contribution in [0.15, 0.2) is 24.3 Å². The molecule has 0 aliphatic carbocycles. The molecular weight excluding hydrogens is 244 g/mol. The van der Waals surface area contributed by atoms with Gasteiger partial charge in [0.05, 0.1) is 6.61 Å². The second-order valence-electron chi connectivity index (χ2n) is 4.09. The average molecular weight is 264 g/mol. The minimum absolute atomic E-state index is 0.0606. The Labute approximate surface area is 113 Å². The smallest absolute Gasteiger partial charge is 0.224 e. The summed E-state index contributed by atoms with van der Waals surface area (Å²) in [5.74, 6) is 0.646. The molecule has 1 aromatic rings. The summed E-state index contributed by atoms with van der Waals surface area (Å²) in [6.45, 7) is 4.52. The van der Waals surface area contributed by atoms with Gasteiger partial charge in [0.2, 0.25) is 11.8 Å². The third-order valence-corrected chi connectivity index (χ3v) is 2.40. The van der Waals surface area contributed by atoms with Crippen molar-refractivity contribution in [1.82, 2.24) is 5.32 Å². The van der Waals surface area contributed by atoms with E-state index in [2.05, 4.69) is 10.6 Å². The molecule has 2 N–H and O–H groups in total. The molecule has 0 aliphatic rings. The molecule has 0 spiro atoms. The number of carbonyl (C=O) groups is 2. The van der Waals surface area contributed by atoms with Crippen LogP contribution in [0.4, 0.5) is 5.69 Å². The van der Waals surface area contributed by atoms with E-state index in [1.54, 1.807) is 12.1 Å². The minimum Gasteiger partial charge on any atom is -0.494 e. The van der Waals surface area contributed by atoms with E-state index in [1.165, 1.54) is 6.92 Å². The van der Waals surface area contributed by atoms with Gasteiger partial charge in [-0.05, 0) is 37.6 Å². The summed E-state index contributed by atoms with van der Waals surface area (Å²) in [7, 11) is 0. The van der Waals surface area contributed by atoms with Gasteiger partial charge in [-0.25, -0.2) is 0 Å². The number of anilines is 1. The Morgan fingerprint density at radius 2 is 1.89 bits per heavy atom. The van der Waals surface area contributed by atoms with Gasteiger partial charge in [-0.1, -0.05) is 0 Å². The summed E-state index contributed by atoms with van der Waals surface area (Å²) in [4.78, 5) is 22.3. The lowest BCUT2D eigenvalue weighted by Crippen LogP contribution is -2.22. The van der Waals surface area contributed by atoms with Crippen LogP contribution in [0.25, 0.3) is 0 Å². The Kier molecular flexibility index (Phi) is 6.43. The first-order valence-corrected chi connectivity index (χ1v) is 6.39. The van der Waals surface area contributed by atoms with E-state index in [1.807, 2.05) is 19.1 Å². The van der Waals surface area contributed by atoms with Gasteiger partial charge in [0.15, 0.2) is 0 Å². The van der Waals surface area contributed by atoms with E-state index >= 15 is 0 Å². The number of ether oxygens (including phenoxy) is 1. The Morgan fingerprint density at radius 3 is 2.47 bits per heavy atom. The summed E-state index contributed by atoms with van der Waals surface area (Å²) in [5.41, 5.74) is 0.744. The van der Waals surface area contributed by atoms with Gasteiger partial charge in [-0.3, -0.25) is 9.59 Å². The predicted octanol–water partition coefficient (Wildman–Crippen LogP) is 1.94. The van der Waals surface area contributed by atoms with Gasteiger partial charge in [0.25, 0.3) is 0 Å². The maximum atomic E-state index is 11.6. The van der Waals surface area contributed by atoms with E-state index in [0.717, 1.165) is 11.4 Å². The molecule has 0 unspecified atom stereocenters. The van der Waals surface area contributed by atoms with Crippen LogP contribution in [0.2, 0.25) is 0 Å². The molecule has 0 radical (unpaired) electrons. The molecule has 0 fully saturated rings. The number of hydrogen-bond acceptors (Lipinski definition) is 3. The predicted molar refractivity (Wildman–Crippen MR) is 74.2 cm³/mol. The topological polar surface area (TPSA) is 67.4 Å². The molecule has 5 heteroatoms. The van der Waals surface area contributed by atoms with Gasteiger partial charge in [-0.2, -0.15) is 0 Å². The molecule has 0 saturated heterocycles. The first kappa shape index (κ1) is 15.0. The molecule has 1 aromatic carbocycles. The summed E-state index contributed by atoms with van der Waals surface area (Å²) in [6.07, 6.45) is 1.01. The number of benzene rings is 1. The first-order valence-electron chi connectivity index (χ1n) is 6.39. The number of amides is 2. The fourth-order valence-corrected chi connectivity index (χ4v) is 1.54. The van der Waals surface area contributed by atoms with Crippen LogP contribution in [0, 0.1) is 0 Å². The maximum absolute atomic E-state index is 11.6. The van der Waals surface area contributed by atoms with Crippen molar-refractivity contribution in [1.29, 1.82) is 0 Å². The Bertz CT molecular complexity index is 415. The second kappa shape index (κ2) is 8.13. The van der Waals surface area contributed by atoms with Crippen LogP contribution in [0.3, 0.4) is 0 Å². The van der Waals surface area contributed by atoms with E-state index in [9.17, 15) is 9.59 Å². The molecule has 0 aromatic heterocycles. The number of rotatable bonds is 7. The lowest BCUT2D eigenvalue weighted by Gasteiger charge is -2.07. The highest BCUT2D eigenvalue weighted by Crippen LogP contribution is 2.15. The van der Waals surface area contributed by atoms with Crippen molar-refractivity contribution in [2.45, 2.75) is 26.7 Å². The molecule has 2 amide bonds. The quantitative estimate of drug-likeness (QED) is 0.740. The van der Waals surface area contributed by atoms with Crippen molar-refractivity contribution in [2.75, 3.05) is 18.5 Å². The summed E-state index contributed by atoms with van der Waals surface area (Å²) >= 11 is 0. The molecule has 0 aliphatic heterocycles. The van der Waals surface area contributed by atoms with E-state index in [4.69, 9.17) is 4.74 Å². The lowest BCUT2D eigenvalue weighted by atomic mass is 10.2. The van der Waals surface area contributed by atoms with Crippen LogP contribution in [0.1, 0.15) is 26.7 Å². The molecule has 1 rings (SSSR count). The van der Waals surface area contributed by atoms with Gasteiger partial charge in [0.1, 0.15) is 5.75 Å². The highest BCUT2D eigenvalue weighted by Gasteiger charge is 2.02. The van der Waals surface area contributed by atoms with Crippen molar-refractivity contribution in [2.24, 2.45) is 0 Å². The van der Waals surface area contributed by atoms with Crippen molar-refractivity contribution < 1.29 is 14.3 Å². The van der Waals surface area contributed by atoms with Gasteiger partial charge in [-0.15, -0.1) is 0 Å². The summed E-state index contributed by atoms with van der Waals surface area (Å²) in [5, 5.41) is 5.44. The fourth-order valence-electron chi connectivity index (χ4n) is 1.54. The summed E-state index contributed by atoms with van der Waals surface area (Å²) in [6, 6.07) is 7.24. The lowest BCUT2D eigenvalue weighted by molar-refractivity contribution is -0.119. The number of hydrogen-bond donors (Lipinski definition) is 2. The van der Waals surface area contributed by atoms with Crippen LogP contribution in [-0.4, -0.2) is 25.0 Å². The SMILES string of the molecule is CCOc1ccc(NC(=O)CCCNC(C)=O)cc1. The van der Waals surface area contributed by atoms with Crippen molar-refractivity contribution >= 4 is 17.5 Å². The first-order chi connectivity index (χ1) is 9.11. The van der Waals surface area contributed by atoms with Crippen LogP contribution in [-0.2, 0) is 9.59 Å². The molecule has 5 nitrogen and oxygen atoms in total. The van der Waals surface area contributed by atoms with E-state index in [0.29, 0.717) is 26.0 Å². The van der Waals surface area contributed by atoms with E-state index < -0.39 is 0 Å². The van der Waals surface area contributed by atoms with Crippen molar-refractivity contribution in [3.05, 3.63) is 24.3 Å². The van der Waals surface area contributed by atoms with Gasteiger partial charge in [0, 0.05) is 25.6 Å². The van der Waals surface area contributed by atoms with E-state index in [-0.39, 0.29) is 11.8 Å². The minimum atomic E-state index is -0.0769. The highest BCUT2D eigenvalue weighted by molar-refractivity contribution is 5.90. The number of carbonyl (C=O) groups excluding carboxylic acids is 2. The maximum Gasteiger partial charge on any atom is 0.224 e. The zero-order chi connectivity index (χ0) is 14.1. The Morgan fingerprint density at radius 1 is 1.21 bits per heavy atom. The van der Waals surface area contributed by atoms with Gasteiger partial charge >= 0.3 is 0 Å². The second-order valence-corrected chi connectivity index (χ2v) is 4.09. The molecular formula is C14H20N2O3. The third-order valence-electron chi connectivity index (χ3n) is 2.40. The zero-order valence-corrected chi connectivity index (χ0v) is 11.4. The third kappa shape index (κ3) is 6.45. The zero-order valence-electron chi connectivity index (χ0n) is 11.4. The molecule has 0 bridgehead atoms. The average Bonchev–Trinajstić information content (AvgIpc) is 2.37. The van der Waals surface area contributed by atoms with Crippen molar-refractivity contribution in [3.63, 3.8) is 0 Å². The van der Waals surface area contributed by atoms with Crippen LogP contribution < -0.4 is 15.4 Å². The molecule has 0 saturated carbocycles. The Balaban J connectivity index is 2.29. The normalized spacial score (nSPS) is 9.79. The monoisotopic (exact) mass is 264 g/mol. The Hall–Kier alpha value is -2.04. The summed E-state index contributed by atoms with van der Waals surface area (Å²) < 4.78 is 5.31. The largest absolute Gasteiger partial charge is 0.494 e. The van der Waals surface area contributed by atoms with Gasteiger partial charge < -0.3 is 15.4 Å². The van der Waals surface area contributed by atoms with Crippen LogP contribution >= 0.6 is 0 Å². The molecule has 0 atom stereocenters. The standard InChI is InChI=1S/C14H20N2O3/c1-3-19-13-8-6-12(7-9-13)16-14(18)5-4-10-15-11(2)17/h6-9H,3-5,10H2,1-2H3,(H,15,17)(H,16,18). The highest BCUT2D eigenvalue weighted by atomic mass is 16.5. The van der Waals surface area contributed by atoms with Crippen LogP contribution in [0.5, 0.6) is 5.75 Å². The fraction of sp³-hybridized carbons (Fsp3) is 0.429.